The highest BCUT2D eigenvalue weighted by Gasteiger charge is 2.32. The van der Waals surface area contributed by atoms with E-state index in [1.165, 1.54) is 12.5 Å². The van der Waals surface area contributed by atoms with E-state index in [0.717, 1.165) is 25.7 Å². The van der Waals surface area contributed by atoms with Gasteiger partial charge in [0.25, 0.3) is 0 Å². The number of carbonyl (C=O) groups is 1. The number of hydrogen-bond acceptors (Lipinski definition) is 1. The number of hydrogen-bond donors (Lipinski definition) is 1. The predicted octanol–water partition coefficient (Wildman–Crippen LogP) is 1.23. The first kappa shape index (κ1) is 6.20. The van der Waals surface area contributed by atoms with Gasteiger partial charge in [0.15, 0.2) is 0 Å². The zero-order valence-electron chi connectivity index (χ0n) is 6.02. The van der Waals surface area contributed by atoms with Crippen LogP contribution >= 0.6 is 0 Å². The Morgan fingerprint density at radius 1 is 1.40 bits per heavy atom. The Bertz CT molecular complexity index is 147. The summed E-state index contributed by atoms with van der Waals surface area (Å²) in [5.41, 5.74) is 0. The van der Waals surface area contributed by atoms with Crippen molar-refractivity contribution in [3.8, 4) is 0 Å². The Morgan fingerprint density at radius 2 is 2.10 bits per heavy atom. The van der Waals surface area contributed by atoms with Crippen molar-refractivity contribution in [3.63, 3.8) is 0 Å². The molecule has 2 rings (SSSR count). The molecule has 2 saturated carbocycles. The summed E-state index contributed by atoms with van der Waals surface area (Å²) in [5, 5.41) is 2.96. The van der Waals surface area contributed by atoms with Crippen LogP contribution in [0.3, 0.4) is 0 Å². The summed E-state index contributed by atoms with van der Waals surface area (Å²) < 4.78 is 0. The van der Waals surface area contributed by atoms with Crippen molar-refractivity contribution in [3.05, 3.63) is 6.04 Å². The van der Waals surface area contributed by atoms with Gasteiger partial charge in [-0.05, 0) is 32.1 Å². The molecule has 0 aromatic heterocycles. The van der Waals surface area contributed by atoms with E-state index in [9.17, 15) is 4.79 Å². The third kappa shape index (κ3) is 1.15. The second-order valence-corrected chi connectivity index (χ2v) is 3.22. The van der Waals surface area contributed by atoms with Crippen LogP contribution in [0.1, 0.15) is 32.1 Å². The van der Waals surface area contributed by atoms with E-state index >= 15 is 0 Å². The Balaban J connectivity index is 1.72. The second-order valence-electron chi connectivity index (χ2n) is 3.22. The van der Waals surface area contributed by atoms with Gasteiger partial charge in [-0.3, -0.25) is 4.79 Å². The van der Waals surface area contributed by atoms with E-state index in [4.69, 9.17) is 0 Å². The first-order valence-corrected chi connectivity index (χ1v) is 4.02. The number of amides is 1. The van der Waals surface area contributed by atoms with Crippen LogP contribution in [0.25, 0.3) is 0 Å². The number of nitrogens with one attached hydrogen (secondary N) is 1. The van der Waals surface area contributed by atoms with E-state index < -0.39 is 0 Å². The van der Waals surface area contributed by atoms with Crippen LogP contribution in [0.15, 0.2) is 0 Å². The lowest BCUT2D eigenvalue weighted by Crippen LogP contribution is -2.33. The molecule has 0 unspecified atom stereocenters. The fraction of sp³-hybridized carbons (Fsp3) is 0.750. The third-order valence-electron chi connectivity index (χ3n) is 2.21. The van der Waals surface area contributed by atoms with E-state index in [-0.39, 0.29) is 5.91 Å². The van der Waals surface area contributed by atoms with Gasteiger partial charge in [0, 0.05) is 5.92 Å². The number of rotatable bonds is 2. The quantitative estimate of drug-likeness (QED) is 0.611. The molecule has 0 atom stereocenters. The maximum absolute atomic E-state index is 11.1. The molecule has 10 heavy (non-hydrogen) atoms. The van der Waals surface area contributed by atoms with Crippen molar-refractivity contribution in [2.45, 2.75) is 32.1 Å². The van der Waals surface area contributed by atoms with Gasteiger partial charge in [-0.15, -0.1) is 0 Å². The molecule has 2 aliphatic carbocycles. The first-order chi connectivity index (χ1) is 4.86. The van der Waals surface area contributed by atoms with Crippen LogP contribution in [-0.4, -0.2) is 5.91 Å². The molecule has 1 amide bonds. The van der Waals surface area contributed by atoms with Crippen molar-refractivity contribution in [2.75, 3.05) is 0 Å². The van der Waals surface area contributed by atoms with Gasteiger partial charge < -0.3 is 5.32 Å². The van der Waals surface area contributed by atoms with Crippen LogP contribution in [-0.2, 0) is 4.79 Å². The topological polar surface area (TPSA) is 29.1 Å². The average Bonchev–Trinajstić information content (AvgIpc) is 2.58. The fourth-order valence-corrected chi connectivity index (χ4v) is 1.10. The Hall–Kier alpha value is -0.530. The van der Waals surface area contributed by atoms with Crippen LogP contribution < -0.4 is 5.32 Å². The first-order valence-electron chi connectivity index (χ1n) is 4.02. The molecule has 0 heterocycles. The second kappa shape index (κ2) is 2.26. The van der Waals surface area contributed by atoms with Gasteiger partial charge in [-0.1, -0.05) is 0 Å². The van der Waals surface area contributed by atoms with E-state index in [0.29, 0.717) is 5.92 Å². The molecular formula is C8H12NO. The third-order valence-corrected chi connectivity index (χ3v) is 2.21. The monoisotopic (exact) mass is 138 g/mol. The lowest BCUT2D eigenvalue weighted by molar-refractivity contribution is -0.122. The average molecular weight is 138 g/mol. The fourth-order valence-electron chi connectivity index (χ4n) is 1.10. The molecule has 1 radical (unpaired) electrons. The minimum absolute atomic E-state index is 0.273. The molecule has 1 N–H and O–H groups in total. The Morgan fingerprint density at radius 3 is 2.50 bits per heavy atom. The summed E-state index contributed by atoms with van der Waals surface area (Å²) in [5.74, 6) is 0.641. The lowest BCUT2D eigenvalue weighted by Gasteiger charge is -2.25. The summed E-state index contributed by atoms with van der Waals surface area (Å²) in [6, 6.07) is 1.26. The van der Waals surface area contributed by atoms with Crippen molar-refractivity contribution in [2.24, 2.45) is 5.92 Å². The molecule has 2 aliphatic rings. The molecule has 0 saturated heterocycles. The molecule has 0 aromatic rings. The lowest BCUT2D eigenvalue weighted by atomic mass is 9.93. The van der Waals surface area contributed by atoms with Crippen molar-refractivity contribution in [1.29, 1.82) is 0 Å². The van der Waals surface area contributed by atoms with E-state index in [1.807, 2.05) is 0 Å². The molecule has 0 bridgehead atoms. The largest absolute Gasteiger partial charge is 0.348 e. The zero-order chi connectivity index (χ0) is 6.97. The molecule has 2 fully saturated rings. The Kier molecular flexibility index (Phi) is 1.40. The molecule has 55 valence electrons. The Labute approximate surface area is 61.0 Å². The smallest absolute Gasteiger partial charge is 0.223 e. The molecule has 2 heteroatoms. The normalized spacial score (nSPS) is 25.6. The summed E-state index contributed by atoms with van der Waals surface area (Å²) in [7, 11) is 0. The number of carbonyl (C=O) groups excluding carboxylic acids is 1. The maximum atomic E-state index is 11.1. The van der Waals surface area contributed by atoms with Gasteiger partial charge >= 0.3 is 0 Å². The van der Waals surface area contributed by atoms with Crippen LogP contribution in [0.4, 0.5) is 0 Å². The molecular weight excluding hydrogens is 126 g/mol. The minimum atomic E-state index is 0.273. The van der Waals surface area contributed by atoms with Crippen LogP contribution in [0.2, 0.25) is 0 Å². The van der Waals surface area contributed by atoms with Gasteiger partial charge in [-0.2, -0.15) is 0 Å². The van der Waals surface area contributed by atoms with Gasteiger partial charge in [0.05, 0.1) is 6.04 Å². The SMILES string of the molecule is O=C(N[C]1CCC1)C1CC1. The highest BCUT2D eigenvalue weighted by molar-refractivity contribution is 5.82. The van der Waals surface area contributed by atoms with Crippen LogP contribution in [0.5, 0.6) is 0 Å². The molecule has 0 aliphatic heterocycles. The summed E-state index contributed by atoms with van der Waals surface area (Å²) >= 11 is 0. The predicted molar refractivity (Wildman–Crippen MR) is 38.0 cm³/mol. The van der Waals surface area contributed by atoms with Crippen LogP contribution in [0, 0.1) is 12.0 Å². The summed E-state index contributed by atoms with van der Waals surface area (Å²) in [6.45, 7) is 0. The highest BCUT2D eigenvalue weighted by atomic mass is 16.2. The summed E-state index contributed by atoms with van der Waals surface area (Å²) in [6.07, 6.45) is 5.73. The summed E-state index contributed by atoms with van der Waals surface area (Å²) in [4.78, 5) is 11.1. The van der Waals surface area contributed by atoms with E-state index in [1.54, 1.807) is 0 Å². The van der Waals surface area contributed by atoms with Gasteiger partial charge in [-0.25, -0.2) is 0 Å². The molecule has 0 spiro atoms. The maximum Gasteiger partial charge on any atom is 0.223 e. The molecule has 2 nitrogen and oxygen atoms in total. The standard InChI is InChI=1S/C8H12NO/c10-8(6-4-5-6)9-7-2-1-3-7/h6H,1-5H2,(H,9,10). The van der Waals surface area contributed by atoms with E-state index in [2.05, 4.69) is 5.32 Å². The van der Waals surface area contributed by atoms with Crippen molar-refractivity contribution in [1.82, 2.24) is 5.32 Å². The van der Waals surface area contributed by atoms with Gasteiger partial charge in [0.1, 0.15) is 0 Å². The van der Waals surface area contributed by atoms with Crippen molar-refractivity contribution < 1.29 is 4.79 Å². The molecule has 0 aromatic carbocycles. The highest BCUT2D eigenvalue weighted by Crippen LogP contribution is 2.32. The van der Waals surface area contributed by atoms with Crippen molar-refractivity contribution >= 4 is 5.91 Å². The van der Waals surface area contributed by atoms with Gasteiger partial charge in [0.2, 0.25) is 5.91 Å². The minimum Gasteiger partial charge on any atom is -0.348 e. The zero-order valence-corrected chi connectivity index (χ0v) is 6.02.